The van der Waals surface area contributed by atoms with Crippen LogP contribution in [0.2, 0.25) is 0 Å². The molecular weight excluding hydrogens is 220 g/mol. The standard InChI is InChI=1S/C9H15ClN2O3/c1-2-3-6(11)7(13)4-8(10)12-5-9(14)15/h4,6,12H,2-3,5,11H2,1H3,(H,14,15). The molecule has 0 aromatic heterocycles. The molecule has 0 aliphatic heterocycles. The lowest BCUT2D eigenvalue weighted by molar-refractivity contribution is -0.135. The van der Waals surface area contributed by atoms with Crippen LogP contribution >= 0.6 is 11.6 Å². The molecule has 15 heavy (non-hydrogen) atoms. The van der Waals surface area contributed by atoms with Crippen LogP contribution in [-0.2, 0) is 9.59 Å². The Morgan fingerprint density at radius 3 is 2.67 bits per heavy atom. The average molecular weight is 235 g/mol. The molecule has 1 unspecified atom stereocenters. The molecule has 0 saturated carbocycles. The number of carboxylic acid groups (broad SMARTS) is 1. The van der Waals surface area contributed by atoms with Crippen molar-refractivity contribution < 1.29 is 14.7 Å². The Kier molecular flexibility index (Phi) is 6.73. The van der Waals surface area contributed by atoms with Gasteiger partial charge < -0.3 is 16.2 Å². The lowest BCUT2D eigenvalue weighted by Gasteiger charge is -2.06. The number of halogens is 1. The van der Waals surface area contributed by atoms with E-state index in [2.05, 4.69) is 5.32 Å². The number of carbonyl (C=O) groups excluding carboxylic acids is 1. The summed E-state index contributed by atoms with van der Waals surface area (Å²) in [6.07, 6.45) is 2.50. The van der Waals surface area contributed by atoms with E-state index in [9.17, 15) is 9.59 Å². The smallest absolute Gasteiger partial charge is 0.322 e. The Morgan fingerprint density at radius 1 is 1.60 bits per heavy atom. The third-order valence-corrected chi connectivity index (χ3v) is 1.89. The Morgan fingerprint density at radius 2 is 2.20 bits per heavy atom. The summed E-state index contributed by atoms with van der Waals surface area (Å²) < 4.78 is 0. The molecule has 0 aromatic carbocycles. The molecule has 6 heteroatoms. The molecule has 0 fully saturated rings. The zero-order valence-corrected chi connectivity index (χ0v) is 9.25. The topological polar surface area (TPSA) is 92.4 Å². The van der Waals surface area contributed by atoms with E-state index < -0.39 is 12.0 Å². The van der Waals surface area contributed by atoms with Gasteiger partial charge in [-0.2, -0.15) is 0 Å². The van der Waals surface area contributed by atoms with Crippen molar-refractivity contribution in [1.29, 1.82) is 0 Å². The van der Waals surface area contributed by atoms with Crippen LogP contribution in [0.25, 0.3) is 0 Å². The highest BCUT2D eigenvalue weighted by Crippen LogP contribution is 2.01. The van der Waals surface area contributed by atoms with Gasteiger partial charge in [0.15, 0.2) is 5.78 Å². The second kappa shape index (κ2) is 7.25. The van der Waals surface area contributed by atoms with Crippen LogP contribution < -0.4 is 11.1 Å². The molecule has 0 radical (unpaired) electrons. The van der Waals surface area contributed by atoms with Crippen molar-refractivity contribution in [3.8, 4) is 0 Å². The second-order valence-electron chi connectivity index (χ2n) is 3.04. The molecule has 0 aromatic rings. The molecule has 86 valence electrons. The number of nitrogens with one attached hydrogen (secondary N) is 1. The Hall–Kier alpha value is -1.07. The van der Waals surface area contributed by atoms with Crippen molar-refractivity contribution in [3.05, 3.63) is 11.2 Å². The van der Waals surface area contributed by atoms with Gasteiger partial charge in [0.05, 0.1) is 6.04 Å². The molecule has 0 aliphatic carbocycles. The molecule has 0 rings (SSSR count). The summed E-state index contributed by atoms with van der Waals surface area (Å²) in [7, 11) is 0. The maximum absolute atomic E-state index is 11.3. The maximum Gasteiger partial charge on any atom is 0.322 e. The van der Waals surface area contributed by atoms with Crippen molar-refractivity contribution in [3.63, 3.8) is 0 Å². The lowest BCUT2D eigenvalue weighted by Crippen LogP contribution is -2.30. The number of carbonyl (C=O) groups is 2. The quantitative estimate of drug-likeness (QED) is 0.439. The van der Waals surface area contributed by atoms with E-state index in [-0.39, 0.29) is 17.5 Å². The zero-order valence-electron chi connectivity index (χ0n) is 8.50. The first-order valence-electron chi connectivity index (χ1n) is 4.59. The molecule has 4 N–H and O–H groups in total. The Labute approximate surface area is 93.3 Å². The van der Waals surface area contributed by atoms with Gasteiger partial charge >= 0.3 is 5.97 Å². The van der Waals surface area contributed by atoms with Crippen molar-refractivity contribution in [2.24, 2.45) is 5.73 Å². The van der Waals surface area contributed by atoms with Crippen molar-refractivity contribution >= 4 is 23.4 Å². The summed E-state index contributed by atoms with van der Waals surface area (Å²) in [6, 6.07) is -0.574. The van der Waals surface area contributed by atoms with E-state index in [1.54, 1.807) is 0 Å². The van der Waals surface area contributed by atoms with Crippen LogP contribution in [0, 0.1) is 0 Å². The number of rotatable bonds is 7. The fourth-order valence-electron chi connectivity index (χ4n) is 0.896. The second-order valence-corrected chi connectivity index (χ2v) is 3.44. The molecule has 1 atom stereocenters. The molecule has 0 aliphatic rings. The lowest BCUT2D eigenvalue weighted by atomic mass is 10.1. The first-order valence-corrected chi connectivity index (χ1v) is 4.97. The third-order valence-electron chi connectivity index (χ3n) is 1.64. The number of nitrogens with two attached hydrogens (primary N) is 1. The van der Waals surface area contributed by atoms with Gasteiger partial charge in [-0.3, -0.25) is 9.59 Å². The van der Waals surface area contributed by atoms with Gasteiger partial charge in [-0.1, -0.05) is 24.9 Å². The largest absolute Gasteiger partial charge is 0.480 e. The fourth-order valence-corrected chi connectivity index (χ4v) is 1.07. The third kappa shape index (κ3) is 6.93. The first kappa shape index (κ1) is 13.9. The monoisotopic (exact) mass is 234 g/mol. The van der Waals surface area contributed by atoms with Crippen LogP contribution in [0.5, 0.6) is 0 Å². The summed E-state index contributed by atoms with van der Waals surface area (Å²) in [4.78, 5) is 21.5. The molecule has 0 saturated heterocycles. The van der Waals surface area contributed by atoms with Crippen molar-refractivity contribution in [2.45, 2.75) is 25.8 Å². The minimum absolute atomic E-state index is 0.00560. The minimum atomic E-state index is -1.05. The Bertz CT molecular complexity index is 266. The van der Waals surface area contributed by atoms with Gasteiger partial charge in [-0.15, -0.1) is 0 Å². The highest BCUT2D eigenvalue weighted by atomic mass is 35.5. The van der Waals surface area contributed by atoms with Crippen molar-refractivity contribution in [2.75, 3.05) is 6.54 Å². The van der Waals surface area contributed by atoms with Crippen LogP contribution in [0.4, 0.5) is 0 Å². The summed E-state index contributed by atoms with van der Waals surface area (Å²) in [5.41, 5.74) is 5.54. The zero-order chi connectivity index (χ0) is 11.8. The van der Waals surface area contributed by atoms with Crippen molar-refractivity contribution in [1.82, 2.24) is 5.32 Å². The normalized spacial score (nSPS) is 13.4. The van der Waals surface area contributed by atoms with Crippen LogP contribution in [-0.4, -0.2) is 29.4 Å². The summed E-state index contributed by atoms with van der Waals surface area (Å²) >= 11 is 5.57. The SMILES string of the molecule is CCCC(N)C(=O)C=C(Cl)NCC(=O)O. The van der Waals surface area contributed by atoms with E-state index in [0.29, 0.717) is 6.42 Å². The number of carboxylic acids is 1. The van der Waals surface area contributed by atoms with Crippen LogP contribution in [0.15, 0.2) is 11.2 Å². The predicted molar refractivity (Wildman–Crippen MR) is 57.5 cm³/mol. The minimum Gasteiger partial charge on any atom is -0.480 e. The van der Waals surface area contributed by atoms with Crippen LogP contribution in [0.1, 0.15) is 19.8 Å². The molecule has 0 spiro atoms. The average Bonchev–Trinajstić information content (AvgIpc) is 2.15. The number of aliphatic carboxylic acids is 1. The Balaban J connectivity index is 4.10. The first-order chi connectivity index (χ1) is 6.97. The van der Waals surface area contributed by atoms with Gasteiger partial charge in [0.25, 0.3) is 0 Å². The number of hydrogen-bond donors (Lipinski definition) is 3. The highest BCUT2D eigenvalue weighted by molar-refractivity contribution is 6.30. The van der Waals surface area contributed by atoms with E-state index in [4.69, 9.17) is 22.4 Å². The molecule has 0 heterocycles. The van der Waals surface area contributed by atoms with Gasteiger partial charge in [0.2, 0.25) is 0 Å². The fraction of sp³-hybridized carbons (Fsp3) is 0.556. The maximum atomic E-state index is 11.3. The molecule has 0 amide bonds. The van der Waals surface area contributed by atoms with Gasteiger partial charge in [-0.05, 0) is 6.42 Å². The summed E-state index contributed by atoms with van der Waals surface area (Å²) in [5, 5.41) is 10.7. The predicted octanol–water partition coefficient (Wildman–Crippen LogP) is 0.437. The number of hydrogen-bond acceptors (Lipinski definition) is 4. The van der Waals surface area contributed by atoms with Gasteiger partial charge in [0, 0.05) is 6.08 Å². The molecule has 5 nitrogen and oxygen atoms in total. The van der Waals surface area contributed by atoms with E-state index in [1.807, 2.05) is 6.92 Å². The van der Waals surface area contributed by atoms with Gasteiger partial charge in [-0.25, -0.2) is 0 Å². The molecular formula is C9H15ClN2O3. The van der Waals surface area contributed by atoms with E-state index in [0.717, 1.165) is 12.5 Å². The van der Waals surface area contributed by atoms with E-state index in [1.165, 1.54) is 0 Å². The highest BCUT2D eigenvalue weighted by Gasteiger charge is 2.10. The summed E-state index contributed by atoms with van der Waals surface area (Å²) in [6.45, 7) is 1.59. The summed E-state index contributed by atoms with van der Waals surface area (Å²) in [5.74, 6) is -1.36. The van der Waals surface area contributed by atoms with Gasteiger partial charge in [0.1, 0.15) is 11.7 Å². The number of ketones is 1. The molecule has 0 bridgehead atoms. The van der Waals surface area contributed by atoms with Crippen LogP contribution in [0.3, 0.4) is 0 Å². The van der Waals surface area contributed by atoms with E-state index >= 15 is 0 Å².